The minimum absolute atomic E-state index is 0.0356. The van der Waals surface area contributed by atoms with E-state index in [0.717, 1.165) is 27.1 Å². The number of urea groups is 1. The fourth-order valence-electron chi connectivity index (χ4n) is 4.01. The van der Waals surface area contributed by atoms with Gasteiger partial charge in [-0.3, -0.25) is 10.3 Å². The lowest BCUT2D eigenvalue weighted by atomic mass is 10.0. The van der Waals surface area contributed by atoms with Crippen molar-refractivity contribution in [3.63, 3.8) is 0 Å². The molecule has 4 aromatic rings. The second-order valence-electron chi connectivity index (χ2n) is 8.80. The molecule has 1 aliphatic rings. The topological polar surface area (TPSA) is 162 Å². The molecule has 1 aliphatic heterocycles. The highest BCUT2D eigenvalue weighted by molar-refractivity contribution is 7.90. The van der Waals surface area contributed by atoms with Crippen molar-refractivity contribution in [1.29, 1.82) is 0 Å². The molecule has 1 aromatic carbocycles. The van der Waals surface area contributed by atoms with Gasteiger partial charge in [0, 0.05) is 49.4 Å². The first-order valence-corrected chi connectivity index (χ1v) is 14.2. The number of carbonyl (C=O) groups is 1. The molecular formula is C24H26N8O4S2. The van der Waals surface area contributed by atoms with Crippen LogP contribution in [0.5, 0.6) is 0 Å². The summed E-state index contributed by atoms with van der Waals surface area (Å²) in [5.74, 6) is -0.0706. The fourth-order valence-corrected chi connectivity index (χ4v) is 6.15. The third kappa shape index (κ3) is 5.57. The van der Waals surface area contributed by atoms with Crippen molar-refractivity contribution < 1.29 is 18.3 Å². The van der Waals surface area contributed by atoms with Crippen LogP contribution in [0.15, 0.2) is 42.9 Å². The van der Waals surface area contributed by atoms with Crippen LogP contribution in [0.4, 0.5) is 15.9 Å². The monoisotopic (exact) mass is 554 g/mol. The summed E-state index contributed by atoms with van der Waals surface area (Å²) < 4.78 is 29.5. The molecule has 12 nitrogen and oxygen atoms in total. The molecule has 0 unspecified atom stereocenters. The van der Waals surface area contributed by atoms with Gasteiger partial charge in [-0.1, -0.05) is 17.4 Å². The number of aromatic nitrogens is 4. The van der Waals surface area contributed by atoms with Crippen molar-refractivity contribution in [2.75, 3.05) is 29.7 Å². The van der Waals surface area contributed by atoms with E-state index in [2.05, 4.69) is 35.3 Å². The van der Waals surface area contributed by atoms with Crippen molar-refractivity contribution in [3.05, 3.63) is 48.4 Å². The molecule has 5 rings (SSSR count). The quantitative estimate of drug-likeness (QED) is 0.271. The lowest BCUT2D eigenvalue weighted by molar-refractivity contribution is 0.189. The van der Waals surface area contributed by atoms with Crippen LogP contribution < -0.4 is 15.4 Å². The highest BCUT2D eigenvalue weighted by Crippen LogP contribution is 2.38. The van der Waals surface area contributed by atoms with E-state index in [1.807, 2.05) is 38.1 Å². The number of hydrogen-bond donors (Lipinski definition) is 4. The molecule has 4 heterocycles. The van der Waals surface area contributed by atoms with Crippen LogP contribution in [0, 0.1) is 6.92 Å². The summed E-state index contributed by atoms with van der Waals surface area (Å²) in [6.45, 7) is 4.55. The molecule has 198 valence electrons. The van der Waals surface area contributed by atoms with Crippen LogP contribution in [0.2, 0.25) is 0 Å². The molecule has 0 aliphatic carbocycles. The van der Waals surface area contributed by atoms with E-state index < -0.39 is 16.3 Å². The molecule has 3 aromatic heterocycles. The Hall–Kier alpha value is -3.72. The smallest absolute Gasteiger partial charge is 0.321 e. The molecule has 14 heteroatoms. The Morgan fingerprint density at radius 1 is 1.16 bits per heavy atom. The average molecular weight is 555 g/mol. The maximum absolute atomic E-state index is 12.6. The number of β-amino-alcohol motifs (C(OH)–C–C–N with tert-alkyl or cyclic N) is 1. The number of nitrogens with zero attached hydrogens (tertiary/aromatic N) is 5. The zero-order valence-corrected chi connectivity index (χ0v) is 22.3. The van der Waals surface area contributed by atoms with Gasteiger partial charge < -0.3 is 10.4 Å². The number of pyridine rings is 1. The third-order valence-corrected chi connectivity index (χ3v) is 8.38. The largest absolute Gasteiger partial charge is 0.392 e. The molecule has 0 saturated carbocycles. The van der Waals surface area contributed by atoms with Crippen molar-refractivity contribution in [2.24, 2.45) is 0 Å². The Balaban J connectivity index is 1.48. The standard InChI is InChI=1S/C24H26N8O4S2/c1-3-25-23(34)30-24-29-20-9-15(8-18(21(20)37-24)19-5-4-14(2)10-26-19)16-11-27-22(28-12-16)31-38(35,36)32-7-6-17(33)13-32/h4-5,8-12,17,33H,3,6-7,13H2,1-2H3,(H,27,28,31)(H2,25,29,30,34)/t17-/m1/s1. The summed E-state index contributed by atoms with van der Waals surface area (Å²) in [5.41, 5.74) is 4.66. The number of aryl methyl sites for hydroxylation is 1. The first kappa shape index (κ1) is 25.9. The predicted molar refractivity (Wildman–Crippen MR) is 146 cm³/mol. The molecule has 0 spiro atoms. The van der Waals surface area contributed by atoms with E-state index in [9.17, 15) is 18.3 Å². The molecular weight excluding hydrogens is 528 g/mol. The SMILES string of the molecule is CCNC(=O)Nc1nc2cc(-c3cnc(NS(=O)(=O)N4CC[C@@H](O)C4)nc3)cc(-c3ccc(C)cn3)c2s1. The Bertz CT molecular complexity index is 1570. The first-order chi connectivity index (χ1) is 18.2. The van der Waals surface area contributed by atoms with Crippen LogP contribution in [0.25, 0.3) is 32.6 Å². The lowest BCUT2D eigenvalue weighted by Crippen LogP contribution is -2.35. The number of nitrogens with one attached hydrogen (secondary N) is 3. The van der Waals surface area contributed by atoms with Crippen LogP contribution in [-0.4, -0.2) is 69.5 Å². The number of carbonyl (C=O) groups excluding carboxylic acids is 1. The minimum atomic E-state index is -3.87. The number of thiazole rings is 1. The summed E-state index contributed by atoms with van der Waals surface area (Å²) >= 11 is 1.35. The second kappa shape index (κ2) is 10.6. The van der Waals surface area contributed by atoms with Crippen LogP contribution >= 0.6 is 11.3 Å². The van der Waals surface area contributed by atoms with E-state index in [0.29, 0.717) is 29.2 Å². The second-order valence-corrected chi connectivity index (χ2v) is 11.5. The zero-order chi connectivity index (χ0) is 26.9. The highest BCUT2D eigenvalue weighted by atomic mass is 32.2. The van der Waals surface area contributed by atoms with Crippen molar-refractivity contribution in [1.82, 2.24) is 29.6 Å². The molecule has 1 atom stereocenters. The van der Waals surface area contributed by atoms with Crippen molar-refractivity contribution in [2.45, 2.75) is 26.4 Å². The van der Waals surface area contributed by atoms with Crippen LogP contribution in [0.3, 0.4) is 0 Å². The maximum atomic E-state index is 12.6. The summed E-state index contributed by atoms with van der Waals surface area (Å²) in [6.07, 6.45) is 4.55. The van der Waals surface area contributed by atoms with Crippen LogP contribution in [0.1, 0.15) is 18.9 Å². The van der Waals surface area contributed by atoms with Crippen molar-refractivity contribution in [3.8, 4) is 22.4 Å². The molecule has 1 fully saturated rings. The number of hydrogen-bond acceptors (Lipinski definition) is 9. The number of benzene rings is 1. The summed E-state index contributed by atoms with van der Waals surface area (Å²) in [7, 11) is -3.87. The molecule has 2 amide bonds. The van der Waals surface area contributed by atoms with E-state index in [4.69, 9.17) is 0 Å². The predicted octanol–water partition coefficient (Wildman–Crippen LogP) is 2.99. The Labute approximate surface area is 223 Å². The maximum Gasteiger partial charge on any atom is 0.321 e. The fraction of sp³-hybridized carbons (Fsp3) is 0.292. The van der Waals surface area contributed by atoms with Gasteiger partial charge in [0.15, 0.2) is 5.13 Å². The zero-order valence-electron chi connectivity index (χ0n) is 20.7. The van der Waals surface area contributed by atoms with Gasteiger partial charge in [0.25, 0.3) is 0 Å². The third-order valence-electron chi connectivity index (χ3n) is 5.91. The van der Waals surface area contributed by atoms with Gasteiger partial charge in [0.05, 0.1) is 22.0 Å². The lowest BCUT2D eigenvalue weighted by Gasteiger charge is -2.16. The Morgan fingerprint density at radius 2 is 1.95 bits per heavy atom. The number of anilines is 2. The van der Waals surface area contributed by atoms with Gasteiger partial charge in [0.1, 0.15) is 0 Å². The Kier molecular flexibility index (Phi) is 7.21. The van der Waals surface area contributed by atoms with E-state index in [-0.39, 0.29) is 25.1 Å². The Morgan fingerprint density at radius 3 is 2.61 bits per heavy atom. The first-order valence-electron chi connectivity index (χ1n) is 11.9. The highest BCUT2D eigenvalue weighted by Gasteiger charge is 2.30. The number of fused-ring (bicyclic) bond motifs is 1. The van der Waals surface area contributed by atoms with Gasteiger partial charge in [-0.2, -0.15) is 12.7 Å². The number of rotatable bonds is 7. The molecule has 4 N–H and O–H groups in total. The molecule has 0 radical (unpaired) electrons. The van der Waals surface area contributed by atoms with E-state index in [1.165, 1.54) is 28.0 Å². The van der Waals surface area contributed by atoms with Gasteiger partial charge in [-0.05, 0) is 49.6 Å². The van der Waals surface area contributed by atoms with Crippen LogP contribution in [-0.2, 0) is 10.2 Å². The molecule has 1 saturated heterocycles. The van der Waals surface area contributed by atoms with E-state index in [1.54, 1.807) is 6.20 Å². The molecule has 0 bridgehead atoms. The average Bonchev–Trinajstić information content (AvgIpc) is 3.50. The summed E-state index contributed by atoms with van der Waals surface area (Å²) in [4.78, 5) is 29.6. The minimum Gasteiger partial charge on any atom is -0.392 e. The van der Waals surface area contributed by atoms with E-state index >= 15 is 0 Å². The van der Waals surface area contributed by atoms with Gasteiger partial charge in [0.2, 0.25) is 5.95 Å². The normalized spacial score (nSPS) is 16.0. The molecule has 38 heavy (non-hydrogen) atoms. The number of amides is 2. The van der Waals surface area contributed by atoms with Crippen molar-refractivity contribution >= 4 is 48.9 Å². The van der Waals surface area contributed by atoms with Gasteiger partial charge in [-0.15, -0.1) is 0 Å². The van der Waals surface area contributed by atoms with Gasteiger partial charge in [-0.25, -0.2) is 24.5 Å². The summed E-state index contributed by atoms with van der Waals surface area (Å²) in [5, 5.41) is 15.6. The number of aliphatic hydroxyl groups is 1. The number of aliphatic hydroxyl groups excluding tert-OH is 1. The summed E-state index contributed by atoms with van der Waals surface area (Å²) in [6, 6.07) is 7.37. The van der Waals surface area contributed by atoms with Gasteiger partial charge >= 0.3 is 16.2 Å².